The highest BCUT2D eigenvalue weighted by Gasteiger charge is 2.72. The number of nitriles is 1. The molecule has 1 saturated carbocycles. The molecule has 0 aliphatic heterocycles. The zero-order valence-electron chi connectivity index (χ0n) is 13.7. The van der Waals surface area contributed by atoms with Gasteiger partial charge in [0.25, 0.3) is 0 Å². The van der Waals surface area contributed by atoms with E-state index in [0.29, 0.717) is 11.6 Å². The fourth-order valence-electron chi connectivity index (χ4n) is 3.40. The number of ether oxygens (including phenoxy) is 1. The van der Waals surface area contributed by atoms with Crippen molar-refractivity contribution < 1.29 is 13.2 Å². The second kappa shape index (κ2) is 6.80. The largest absolute Gasteiger partial charge is 0.380 e. The third-order valence-electron chi connectivity index (χ3n) is 4.62. The molecule has 0 heterocycles. The molecule has 2 aromatic carbocycles. The molecular formula is C19H18ClNO3S. The zero-order chi connectivity index (χ0) is 18.1. The molecule has 0 unspecified atom stereocenters. The van der Waals surface area contributed by atoms with Gasteiger partial charge in [-0.25, -0.2) is 8.42 Å². The normalized spacial score (nSPS) is 25.3. The number of sulfone groups is 1. The monoisotopic (exact) mass is 375 g/mol. The van der Waals surface area contributed by atoms with Crippen molar-refractivity contribution in [3.63, 3.8) is 0 Å². The van der Waals surface area contributed by atoms with E-state index in [1.807, 2.05) is 13.0 Å². The third-order valence-corrected chi connectivity index (χ3v) is 7.15. The standard InChI is InChI=1S/C19H18ClNO3S/c1-2-24-13-19(12-21)17(14-7-6-8-15(20)11-14)18(19)25(22,23)16-9-4-3-5-10-16/h3-11,17-18H,2,13H2,1H3/t17-,18+,19+/m0/s1. The summed E-state index contributed by atoms with van der Waals surface area (Å²) >= 11 is 6.07. The molecule has 0 N–H and O–H groups in total. The average molecular weight is 376 g/mol. The maximum absolute atomic E-state index is 13.2. The van der Waals surface area contributed by atoms with Crippen molar-refractivity contribution in [1.29, 1.82) is 5.26 Å². The summed E-state index contributed by atoms with van der Waals surface area (Å²) in [5, 5.41) is 9.50. The molecule has 25 heavy (non-hydrogen) atoms. The molecule has 1 fully saturated rings. The second-order valence-electron chi connectivity index (χ2n) is 6.10. The molecule has 4 nitrogen and oxygen atoms in total. The number of rotatable bonds is 6. The molecular weight excluding hydrogens is 358 g/mol. The van der Waals surface area contributed by atoms with Gasteiger partial charge in [-0.3, -0.25) is 0 Å². The first-order valence-corrected chi connectivity index (χ1v) is 9.93. The van der Waals surface area contributed by atoms with Crippen LogP contribution in [0, 0.1) is 16.7 Å². The highest BCUT2D eigenvalue weighted by Crippen LogP contribution is 2.64. The van der Waals surface area contributed by atoms with Crippen LogP contribution < -0.4 is 0 Å². The van der Waals surface area contributed by atoms with Gasteiger partial charge in [0.1, 0.15) is 5.41 Å². The van der Waals surface area contributed by atoms with E-state index in [1.165, 1.54) is 0 Å². The van der Waals surface area contributed by atoms with Crippen molar-refractivity contribution >= 4 is 21.4 Å². The molecule has 0 bridgehead atoms. The minimum absolute atomic E-state index is 0.0773. The van der Waals surface area contributed by atoms with Crippen molar-refractivity contribution in [2.75, 3.05) is 13.2 Å². The average Bonchev–Trinajstić information content (AvgIpc) is 3.31. The van der Waals surface area contributed by atoms with Crippen molar-refractivity contribution in [2.24, 2.45) is 5.41 Å². The number of hydrogen-bond donors (Lipinski definition) is 0. The quantitative estimate of drug-likeness (QED) is 0.769. The molecule has 1 aliphatic carbocycles. The van der Waals surface area contributed by atoms with Crippen LogP contribution in [0.2, 0.25) is 5.02 Å². The van der Waals surface area contributed by atoms with E-state index in [-0.39, 0.29) is 11.5 Å². The Morgan fingerprint density at radius 2 is 1.92 bits per heavy atom. The van der Waals surface area contributed by atoms with Gasteiger partial charge in [0.2, 0.25) is 0 Å². The molecule has 2 aromatic rings. The van der Waals surface area contributed by atoms with Crippen LogP contribution in [0.1, 0.15) is 18.4 Å². The van der Waals surface area contributed by atoms with Gasteiger partial charge in [0.15, 0.2) is 9.84 Å². The molecule has 0 saturated heterocycles. The van der Waals surface area contributed by atoms with Gasteiger partial charge in [0, 0.05) is 17.5 Å². The summed E-state index contributed by atoms with van der Waals surface area (Å²) in [6.07, 6.45) is 0. The van der Waals surface area contributed by atoms with E-state index >= 15 is 0 Å². The third kappa shape index (κ3) is 3.06. The van der Waals surface area contributed by atoms with Crippen LogP contribution >= 0.6 is 11.6 Å². The van der Waals surface area contributed by atoms with Crippen LogP contribution in [0.15, 0.2) is 59.5 Å². The minimum atomic E-state index is -3.67. The minimum Gasteiger partial charge on any atom is -0.380 e. The van der Waals surface area contributed by atoms with Gasteiger partial charge in [-0.15, -0.1) is 0 Å². The van der Waals surface area contributed by atoms with E-state index in [0.717, 1.165) is 5.56 Å². The van der Waals surface area contributed by atoms with Gasteiger partial charge in [-0.1, -0.05) is 41.9 Å². The lowest BCUT2D eigenvalue weighted by atomic mass is 10.0. The van der Waals surface area contributed by atoms with Crippen LogP contribution in [-0.2, 0) is 14.6 Å². The maximum Gasteiger partial charge on any atom is 0.183 e. The number of halogens is 1. The lowest BCUT2D eigenvalue weighted by Gasteiger charge is -2.09. The Morgan fingerprint density at radius 3 is 2.52 bits per heavy atom. The van der Waals surface area contributed by atoms with Gasteiger partial charge < -0.3 is 4.74 Å². The Labute approximate surface area is 152 Å². The Bertz CT molecular complexity index is 908. The summed E-state index contributed by atoms with van der Waals surface area (Å²) in [4.78, 5) is 0.223. The molecule has 130 valence electrons. The van der Waals surface area contributed by atoms with E-state index in [1.54, 1.807) is 48.5 Å². The van der Waals surface area contributed by atoms with Crippen molar-refractivity contribution in [3.8, 4) is 6.07 Å². The Morgan fingerprint density at radius 1 is 1.20 bits per heavy atom. The van der Waals surface area contributed by atoms with Gasteiger partial charge >= 0.3 is 0 Å². The number of nitrogens with zero attached hydrogens (tertiary/aromatic N) is 1. The highest BCUT2D eigenvalue weighted by atomic mass is 35.5. The SMILES string of the molecule is CCOC[C@@]1(C#N)[C@H](S(=O)(=O)c2ccccc2)[C@@H]1c1cccc(Cl)c1. The lowest BCUT2D eigenvalue weighted by Crippen LogP contribution is -2.19. The van der Waals surface area contributed by atoms with E-state index in [2.05, 4.69) is 6.07 Å². The predicted molar refractivity (Wildman–Crippen MR) is 96.1 cm³/mol. The topological polar surface area (TPSA) is 67.2 Å². The fraction of sp³-hybridized carbons (Fsp3) is 0.316. The molecule has 0 spiro atoms. The Balaban J connectivity index is 2.08. The highest BCUT2D eigenvalue weighted by molar-refractivity contribution is 7.92. The van der Waals surface area contributed by atoms with Gasteiger partial charge in [-0.2, -0.15) is 5.26 Å². The zero-order valence-corrected chi connectivity index (χ0v) is 15.3. The number of hydrogen-bond acceptors (Lipinski definition) is 4. The Kier molecular flexibility index (Phi) is 4.88. The van der Waals surface area contributed by atoms with Gasteiger partial charge in [-0.05, 0) is 36.8 Å². The molecule has 0 aromatic heterocycles. The summed E-state index contributed by atoms with van der Waals surface area (Å²) in [5.41, 5.74) is -0.353. The number of benzene rings is 2. The van der Waals surface area contributed by atoms with E-state index < -0.39 is 26.4 Å². The van der Waals surface area contributed by atoms with Crippen LogP contribution in [0.3, 0.4) is 0 Å². The molecule has 3 rings (SSSR count). The van der Waals surface area contributed by atoms with Crippen molar-refractivity contribution in [2.45, 2.75) is 23.0 Å². The predicted octanol–water partition coefficient (Wildman–Crippen LogP) is 3.83. The first-order chi connectivity index (χ1) is 12.0. The van der Waals surface area contributed by atoms with Gasteiger partial charge in [0.05, 0.1) is 22.8 Å². The Hall–Kier alpha value is -1.87. The van der Waals surface area contributed by atoms with Crippen molar-refractivity contribution in [1.82, 2.24) is 0 Å². The van der Waals surface area contributed by atoms with Crippen LogP contribution in [0.4, 0.5) is 0 Å². The van der Waals surface area contributed by atoms with Crippen molar-refractivity contribution in [3.05, 3.63) is 65.2 Å². The van der Waals surface area contributed by atoms with E-state index in [4.69, 9.17) is 16.3 Å². The summed E-state index contributed by atoms with van der Waals surface area (Å²) in [5.74, 6) is -0.465. The smallest absolute Gasteiger partial charge is 0.183 e. The van der Waals surface area contributed by atoms with Crippen LogP contribution in [0.5, 0.6) is 0 Å². The molecule has 0 amide bonds. The second-order valence-corrected chi connectivity index (χ2v) is 8.61. The van der Waals surface area contributed by atoms with Crippen LogP contribution in [0.25, 0.3) is 0 Å². The molecule has 6 heteroatoms. The molecule has 0 radical (unpaired) electrons. The lowest BCUT2D eigenvalue weighted by molar-refractivity contribution is 0.117. The van der Waals surface area contributed by atoms with E-state index in [9.17, 15) is 13.7 Å². The van der Waals surface area contributed by atoms with Crippen LogP contribution in [-0.4, -0.2) is 26.9 Å². The summed E-state index contributed by atoms with van der Waals surface area (Å²) < 4.78 is 31.8. The summed E-state index contributed by atoms with van der Waals surface area (Å²) in [6.45, 7) is 2.32. The summed E-state index contributed by atoms with van der Waals surface area (Å²) in [7, 11) is -3.67. The molecule has 1 aliphatic rings. The molecule has 3 atom stereocenters. The maximum atomic E-state index is 13.2. The fourth-order valence-corrected chi connectivity index (χ4v) is 5.93. The first kappa shape index (κ1) is 17.9. The summed E-state index contributed by atoms with van der Waals surface area (Å²) in [6, 6.07) is 17.5. The first-order valence-electron chi connectivity index (χ1n) is 8.01.